The van der Waals surface area contributed by atoms with Crippen molar-refractivity contribution >= 4 is 45.9 Å². The molecule has 100 valence electrons. The van der Waals surface area contributed by atoms with Crippen LogP contribution in [-0.4, -0.2) is 14.5 Å². The maximum atomic E-state index is 14.3. The molecular weight excluding hydrogens is 380 g/mol. The van der Waals surface area contributed by atoms with Crippen molar-refractivity contribution in [1.82, 2.24) is 14.5 Å². The zero-order valence-electron chi connectivity index (χ0n) is 10.2. The Morgan fingerprint density at radius 2 is 2.21 bits per heavy atom. The number of rotatable bonds is 2. The summed E-state index contributed by atoms with van der Waals surface area (Å²) in [7, 11) is 0. The number of benzene rings is 1. The molecule has 0 aliphatic rings. The Morgan fingerprint density at radius 3 is 2.95 bits per heavy atom. The number of halogens is 3. The fourth-order valence-corrected chi connectivity index (χ4v) is 2.60. The van der Waals surface area contributed by atoms with Gasteiger partial charge in [-0.1, -0.05) is 0 Å². The Bertz CT molecular complexity index is 720. The van der Waals surface area contributed by atoms with Gasteiger partial charge in [0.2, 0.25) is 0 Å². The molecule has 2 aromatic heterocycles. The lowest BCUT2D eigenvalue weighted by molar-refractivity contribution is 0.633. The van der Waals surface area contributed by atoms with Crippen LogP contribution in [0.4, 0.5) is 4.39 Å². The van der Waals surface area contributed by atoms with E-state index in [4.69, 9.17) is 0 Å². The summed E-state index contributed by atoms with van der Waals surface area (Å²) < 4.78 is 16.9. The van der Waals surface area contributed by atoms with Gasteiger partial charge in [-0.15, -0.1) is 12.4 Å². The van der Waals surface area contributed by atoms with Gasteiger partial charge in [-0.05, 0) is 41.6 Å². The van der Waals surface area contributed by atoms with Gasteiger partial charge in [0.05, 0.1) is 18.2 Å². The first kappa shape index (κ1) is 14.3. The smallest absolute Gasteiger partial charge is 0.146 e. The molecule has 3 nitrogen and oxygen atoms in total. The first-order valence-corrected chi connectivity index (χ1v) is 6.75. The van der Waals surface area contributed by atoms with Crippen LogP contribution in [0.15, 0.2) is 30.9 Å². The van der Waals surface area contributed by atoms with Gasteiger partial charge in [0.1, 0.15) is 5.82 Å². The lowest BCUT2D eigenvalue weighted by Crippen LogP contribution is -1.94. The van der Waals surface area contributed by atoms with E-state index in [-0.39, 0.29) is 18.2 Å². The van der Waals surface area contributed by atoms with Gasteiger partial charge in [-0.2, -0.15) is 0 Å². The van der Waals surface area contributed by atoms with E-state index < -0.39 is 0 Å². The molecule has 0 unspecified atom stereocenters. The molecule has 0 bridgehead atoms. The van der Waals surface area contributed by atoms with Crippen LogP contribution in [0.25, 0.3) is 22.2 Å². The van der Waals surface area contributed by atoms with E-state index in [9.17, 15) is 4.39 Å². The van der Waals surface area contributed by atoms with Crippen LogP contribution in [0.5, 0.6) is 0 Å². The molecule has 3 aromatic rings. The molecule has 0 aliphatic carbocycles. The van der Waals surface area contributed by atoms with Crippen molar-refractivity contribution in [2.75, 3.05) is 0 Å². The minimum absolute atomic E-state index is 0. The van der Waals surface area contributed by atoms with E-state index >= 15 is 0 Å². The molecule has 0 radical (unpaired) electrons. The number of aryl methyl sites for hydroxylation is 1. The van der Waals surface area contributed by atoms with Crippen LogP contribution in [0.1, 0.15) is 6.92 Å². The highest BCUT2D eigenvalue weighted by atomic mass is 127. The maximum absolute atomic E-state index is 14.3. The van der Waals surface area contributed by atoms with Crippen LogP contribution in [0.2, 0.25) is 0 Å². The molecule has 2 heterocycles. The summed E-state index contributed by atoms with van der Waals surface area (Å²) in [6.45, 7) is 2.85. The number of nitrogens with zero attached hydrogens (tertiary/aromatic N) is 2. The number of aromatic nitrogens is 3. The molecule has 0 fully saturated rings. The molecule has 0 atom stereocenters. The fourth-order valence-electron chi connectivity index (χ4n) is 2.16. The normalized spacial score (nSPS) is 10.7. The van der Waals surface area contributed by atoms with E-state index in [0.29, 0.717) is 8.96 Å². The third-order valence-corrected chi connectivity index (χ3v) is 3.90. The zero-order valence-corrected chi connectivity index (χ0v) is 13.1. The molecule has 1 N–H and O–H groups in total. The number of nitrogens with one attached hydrogen (secondary N) is 1. The highest BCUT2D eigenvalue weighted by molar-refractivity contribution is 14.1. The topological polar surface area (TPSA) is 33.6 Å². The molecule has 0 spiro atoms. The van der Waals surface area contributed by atoms with Crippen molar-refractivity contribution in [3.63, 3.8) is 0 Å². The van der Waals surface area contributed by atoms with E-state index in [1.165, 1.54) is 0 Å². The van der Waals surface area contributed by atoms with Crippen molar-refractivity contribution < 1.29 is 4.39 Å². The fraction of sp³-hybridized carbons (Fsp3) is 0.154. The van der Waals surface area contributed by atoms with Gasteiger partial charge in [0.15, 0.2) is 0 Å². The van der Waals surface area contributed by atoms with E-state index in [1.807, 2.05) is 46.3 Å². The van der Waals surface area contributed by atoms with Gasteiger partial charge < -0.3 is 9.55 Å². The number of H-pyrrole nitrogens is 1. The second-order valence-electron chi connectivity index (χ2n) is 4.05. The third kappa shape index (κ3) is 2.25. The quantitative estimate of drug-likeness (QED) is 0.652. The SMILES string of the molecule is CCn1cncc1-c1c[nH]c2ccc(I)c(F)c12.Cl. The minimum atomic E-state index is -0.173. The highest BCUT2D eigenvalue weighted by Gasteiger charge is 2.15. The van der Waals surface area contributed by atoms with E-state index in [2.05, 4.69) is 9.97 Å². The number of fused-ring (bicyclic) bond motifs is 1. The number of hydrogen-bond acceptors (Lipinski definition) is 1. The van der Waals surface area contributed by atoms with Crippen molar-refractivity contribution in [2.24, 2.45) is 0 Å². The van der Waals surface area contributed by atoms with Crippen molar-refractivity contribution in [3.05, 3.63) is 40.2 Å². The minimum Gasteiger partial charge on any atom is -0.360 e. The summed E-state index contributed by atoms with van der Waals surface area (Å²) in [5, 5.41) is 0.636. The second kappa shape index (κ2) is 5.50. The maximum Gasteiger partial charge on any atom is 0.146 e. The Balaban J connectivity index is 0.00000133. The summed E-state index contributed by atoms with van der Waals surface area (Å²) in [5.74, 6) is -0.173. The molecule has 1 aromatic carbocycles. The first-order chi connectivity index (χ1) is 8.72. The average Bonchev–Trinajstić information content (AvgIpc) is 2.99. The molecule has 0 aliphatic heterocycles. The zero-order chi connectivity index (χ0) is 12.7. The Morgan fingerprint density at radius 1 is 1.42 bits per heavy atom. The molecule has 6 heteroatoms. The van der Waals surface area contributed by atoms with Crippen LogP contribution < -0.4 is 0 Å². The number of hydrogen-bond donors (Lipinski definition) is 1. The predicted molar refractivity (Wildman–Crippen MR) is 85.1 cm³/mol. The molecule has 19 heavy (non-hydrogen) atoms. The van der Waals surface area contributed by atoms with Crippen LogP contribution in [0.3, 0.4) is 0 Å². The van der Waals surface area contributed by atoms with Gasteiger partial charge in [-0.25, -0.2) is 9.37 Å². The summed E-state index contributed by atoms with van der Waals surface area (Å²) in [4.78, 5) is 7.24. The molecule has 0 amide bonds. The number of aromatic amines is 1. The largest absolute Gasteiger partial charge is 0.360 e. The van der Waals surface area contributed by atoms with Crippen LogP contribution in [-0.2, 0) is 6.54 Å². The summed E-state index contributed by atoms with van der Waals surface area (Å²) in [6, 6.07) is 3.67. The number of imidazole rings is 1. The van der Waals surface area contributed by atoms with E-state index in [1.54, 1.807) is 18.6 Å². The third-order valence-electron chi connectivity index (χ3n) is 3.07. The average molecular weight is 392 g/mol. The lowest BCUT2D eigenvalue weighted by Gasteiger charge is -2.04. The monoisotopic (exact) mass is 391 g/mol. The van der Waals surface area contributed by atoms with Gasteiger partial charge in [0, 0.05) is 32.8 Å². The molecular formula is C13H12ClFIN3. The van der Waals surface area contributed by atoms with Crippen LogP contribution >= 0.6 is 35.0 Å². The van der Waals surface area contributed by atoms with Crippen molar-refractivity contribution in [2.45, 2.75) is 13.5 Å². The van der Waals surface area contributed by atoms with Gasteiger partial charge in [0.25, 0.3) is 0 Å². The molecule has 0 saturated carbocycles. The van der Waals surface area contributed by atoms with Crippen molar-refractivity contribution in [3.8, 4) is 11.3 Å². The van der Waals surface area contributed by atoms with Gasteiger partial charge in [-0.3, -0.25) is 0 Å². The summed E-state index contributed by atoms with van der Waals surface area (Å²) >= 11 is 2.01. The molecule has 0 saturated heterocycles. The van der Waals surface area contributed by atoms with Crippen LogP contribution in [0, 0.1) is 9.39 Å². The van der Waals surface area contributed by atoms with Gasteiger partial charge >= 0.3 is 0 Å². The molecule has 3 rings (SSSR count). The van der Waals surface area contributed by atoms with E-state index in [0.717, 1.165) is 23.3 Å². The van der Waals surface area contributed by atoms with Crippen molar-refractivity contribution in [1.29, 1.82) is 0 Å². The summed E-state index contributed by atoms with van der Waals surface area (Å²) in [5.41, 5.74) is 2.61. The lowest BCUT2D eigenvalue weighted by atomic mass is 10.1. The Labute approximate surface area is 129 Å². The second-order valence-corrected chi connectivity index (χ2v) is 5.21. The summed E-state index contributed by atoms with van der Waals surface area (Å²) in [6.07, 6.45) is 5.37. The first-order valence-electron chi connectivity index (χ1n) is 5.68. The Kier molecular flexibility index (Phi) is 4.15. The Hall–Kier alpha value is -1.08. The highest BCUT2D eigenvalue weighted by Crippen LogP contribution is 2.32. The predicted octanol–water partition coefficient (Wildman–Crippen LogP) is 4.22. The standard InChI is InChI=1S/C13H11FIN3.ClH/c1-2-18-7-16-6-11(18)8-5-17-10-4-3-9(15)13(14)12(8)10;/h3-7,17H,2H2,1H3;1H.